The lowest BCUT2D eigenvalue weighted by Crippen LogP contribution is -2.57. The molecule has 0 aliphatic heterocycles. The molecular weight excluding hydrogens is 620 g/mol. The zero-order chi connectivity index (χ0) is 35.3. The fraction of sp³-hybridized carbons (Fsp3) is 0.805. The third-order valence-corrected chi connectivity index (χ3v) is 16.6. The predicted molar refractivity (Wildman–Crippen MR) is 183 cm³/mol. The molecule has 8 aliphatic carbocycles. The summed E-state index contributed by atoms with van der Waals surface area (Å²) in [5, 5.41) is 31.9. The Morgan fingerprint density at radius 1 is 0.673 bits per heavy atom. The molecule has 0 spiro atoms. The molecule has 49 heavy (non-hydrogen) atoms. The monoisotopic (exact) mass is 678 g/mol. The van der Waals surface area contributed by atoms with Crippen molar-refractivity contribution in [2.24, 2.45) is 69.0 Å². The van der Waals surface area contributed by atoms with Crippen LogP contribution in [0.2, 0.25) is 0 Å². The molecule has 270 valence electrons. The normalized spacial score (nSPS) is 49.7. The first-order valence-corrected chi connectivity index (χ1v) is 19.2. The number of hydrogen-bond acceptors (Lipinski definition) is 7. The number of carbonyl (C=O) groups is 4. The summed E-state index contributed by atoms with van der Waals surface area (Å²) in [6.45, 7) is 8.79. The lowest BCUT2D eigenvalue weighted by atomic mass is 9.46. The quantitative estimate of drug-likeness (QED) is 0.283. The van der Waals surface area contributed by atoms with E-state index < -0.39 is 18.2 Å². The van der Waals surface area contributed by atoms with Crippen molar-refractivity contribution in [2.45, 2.75) is 130 Å². The topological polar surface area (TPSA) is 138 Å². The molecule has 0 amide bonds. The summed E-state index contributed by atoms with van der Waals surface area (Å²) >= 11 is 0. The molecule has 0 saturated heterocycles. The maximum atomic E-state index is 12.3. The van der Waals surface area contributed by atoms with Gasteiger partial charge in [0.05, 0.1) is 31.2 Å². The number of aliphatic hydroxyl groups is 2. The van der Waals surface area contributed by atoms with Crippen LogP contribution in [0.15, 0.2) is 23.3 Å². The van der Waals surface area contributed by atoms with Crippen LogP contribution in [-0.4, -0.2) is 58.1 Å². The van der Waals surface area contributed by atoms with E-state index in [2.05, 4.69) is 27.7 Å². The van der Waals surface area contributed by atoms with E-state index >= 15 is 0 Å². The van der Waals surface area contributed by atoms with E-state index in [1.807, 2.05) is 12.2 Å². The Kier molecular flexibility index (Phi) is 8.69. The van der Waals surface area contributed by atoms with Crippen LogP contribution in [0.25, 0.3) is 0 Å². The molecule has 8 heteroatoms. The Hall–Kier alpha value is -2.32. The summed E-state index contributed by atoms with van der Waals surface area (Å²) in [6.07, 6.45) is 14.5. The van der Waals surface area contributed by atoms with Gasteiger partial charge in [-0.2, -0.15) is 0 Å². The zero-order valence-electron chi connectivity index (χ0n) is 30.2. The molecule has 6 fully saturated rings. The highest BCUT2D eigenvalue weighted by atomic mass is 16.5. The number of rotatable bonds is 2. The van der Waals surface area contributed by atoms with Crippen LogP contribution >= 0.6 is 0 Å². The van der Waals surface area contributed by atoms with Crippen molar-refractivity contribution in [3.8, 4) is 0 Å². The fourth-order valence-electron chi connectivity index (χ4n) is 14.3. The van der Waals surface area contributed by atoms with Gasteiger partial charge in [0, 0.05) is 12.8 Å². The predicted octanol–water partition coefficient (Wildman–Crippen LogP) is 6.47. The number of hydrogen-bond donors (Lipinski definition) is 3. The standard InChI is InChI=1S/C21H30O4.C20H28O4/c1-20-9-8-13(22)10-12(20)4-5-14-15-6-7-16(19(24)25-3)21(15,2)11-17(23)18(14)20;1-19-8-7-12(21)9-11(19)3-4-13-14-5-6-15(18(23)24)20(14,2)10-16(22)17(13)19/h10,14-18,23H,4-9,11H2,1-3H3;9,13-17,22H,3-8,10H2,1-2H3,(H,23,24)/t14-,15-,16+,17-,18+,20-,21-;13-,14-,15+,16-,17+,19-,20-/m00/s1. The SMILES string of the molecule is COC(=O)[C@H]1CC[C@H]2[C@@H]3CCC4=CC(=O)CC[C@]4(C)[C@H]3[C@@H](O)C[C@]12C.C[C@]12C[C@H](O)[C@H]3[C@@H](CCC4=CC(=O)CC[C@@]43C)[C@@H]1CC[C@@H]2C(=O)O. The van der Waals surface area contributed by atoms with Gasteiger partial charge in [0.2, 0.25) is 0 Å². The van der Waals surface area contributed by atoms with E-state index in [0.29, 0.717) is 49.4 Å². The average molecular weight is 679 g/mol. The Bertz CT molecular complexity index is 1480. The molecule has 0 aromatic carbocycles. The molecule has 0 unspecified atom stereocenters. The summed E-state index contributed by atoms with van der Waals surface area (Å²) in [4.78, 5) is 47.8. The van der Waals surface area contributed by atoms with Crippen molar-refractivity contribution >= 4 is 23.5 Å². The van der Waals surface area contributed by atoms with Gasteiger partial charge in [-0.05, 0) is 146 Å². The highest BCUT2D eigenvalue weighted by molar-refractivity contribution is 5.92. The van der Waals surface area contributed by atoms with E-state index in [4.69, 9.17) is 4.74 Å². The molecule has 8 nitrogen and oxygen atoms in total. The number of ketones is 2. The zero-order valence-corrected chi connectivity index (χ0v) is 30.2. The Labute approximate surface area is 291 Å². The Morgan fingerprint density at radius 2 is 1.10 bits per heavy atom. The van der Waals surface area contributed by atoms with E-state index in [-0.39, 0.29) is 62.9 Å². The molecule has 8 rings (SSSR count). The number of methoxy groups -OCH3 is 1. The van der Waals surface area contributed by atoms with Crippen molar-refractivity contribution in [1.82, 2.24) is 0 Å². The minimum absolute atomic E-state index is 0.0546. The van der Waals surface area contributed by atoms with Gasteiger partial charge in [0.15, 0.2) is 11.6 Å². The molecule has 0 aromatic heterocycles. The number of esters is 1. The number of carboxylic acid groups (broad SMARTS) is 1. The van der Waals surface area contributed by atoms with Gasteiger partial charge >= 0.3 is 11.9 Å². The summed E-state index contributed by atoms with van der Waals surface area (Å²) in [5.74, 6) is 1.34. The van der Waals surface area contributed by atoms with Crippen molar-refractivity contribution in [2.75, 3.05) is 7.11 Å². The Balaban J connectivity index is 0.000000154. The van der Waals surface area contributed by atoms with E-state index in [9.17, 15) is 34.5 Å². The van der Waals surface area contributed by atoms with Crippen LogP contribution in [0.1, 0.15) is 118 Å². The minimum Gasteiger partial charge on any atom is -0.481 e. The van der Waals surface area contributed by atoms with Crippen LogP contribution < -0.4 is 0 Å². The minimum atomic E-state index is -0.698. The first kappa shape index (κ1) is 35.1. The van der Waals surface area contributed by atoms with Crippen LogP contribution in [0.5, 0.6) is 0 Å². The number of allylic oxidation sites excluding steroid dienone is 2. The first-order valence-electron chi connectivity index (χ1n) is 19.2. The second kappa shape index (κ2) is 12.1. The van der Waals surface area contributed by atoms with Gasteiger partial charge in [-0.15, -0.1) is 0 Å². The van der Waals surface area contributed by atoms with Crippen molar-refractivity contribution < 1.29 is 39.2 Å². The van der Waals surface area contributed by atoms with Gasteiger partial charge in [0.1, 0.15) is 0 Å². The molecule has 6 saturated carbocycles. The van der Waals surface area contributed by atoms with Crippen molar-refractivity contribution in [1.29, 1.82) is 0 Å². The molecule has 0 radical (unpaired) electrons. The lowest BCUT2D eigenvalue weighted by molar-refractivity contribution is -0.161. The van der Waals surface area contributed by atoms with Crippen molar-refractivity contribution in [3.05, 3.63) is 23.3 Å². The van der Waals surface area contributed by atoms with Crippen molar-refractivity contribution in [3.63, 3.8) is 0 Å². The molecular formula is C41H58O8. The van der Waals surface area contributed by atoms with Gasteiger partial charge in [-0.3, -0.25) is 19.2 Å². The maximum absolute atomic E-state index is 12.3. The second-order valence-corrected chi connectivity index (χ2v) is 18.5. The van der Waals surface area contributed by atoms with Crippen LogP contribution in [0.3, 0.4) is 0 Å². The number of aliphatic hydroxyl groups excluding tert-OH is 2. The van der Waals surface area contributed by atoms with Crippen LogP contribution in [-0.2, 0) is 23.9 Å². The summed E-state index contributed by atoms with van der Waals surface area (Å²) in [5.41, 5.74) is 1.91. The lowest BCUT2D eigenvalue weighted by Gasteiger charge is -2.59. The summed E-state index contributed by atoms with van der Waals surface area (Å²) < 4.78 is 5.07. The third kappa shape index (κ3) is 5.18. The van der Waals surface area contributed by atoms with Gasteiger partial charge in [-0.1, -0.05) is 38.8 Å². The Morgan fingerprint density at radius 3 is 1.53 bits per heavy atom. The van der Waals surface area contributed by atoms with Gasteiger partial charge in [-0.25, -0.2) is 0 Å². The van der Waals surface area contributed by atoms with E-state index in [0.717, 1.165) is 64.2 Å². The summed E-state index contributed by atoms with van der Waals surface area (Å²) in [6, 6.07) is 0. The number of carbonyl (C=O) groups excluding carboxylic acids is 3. The highest BCUT2D eigenvalue weighted by Crippen LogP contribution is 2.68. The third-order valence-electron chi connectivity index (χ3n) is 16.6. The molecule has 14 atom stereocenters. The fourth-order valence-corrected chi connectivity index (χ4v) is 14.3. The number of carboxylic acids is 1. The average Bonchev–Trinajstić information content (AvgIpc) is 3.57. The molecule has 0 bridgehead atoms. The first-order chi connectivity index (χ1) is 23.1. The largest absolute Gasteiger partial charge is 0.481 e. The number of fused-ring (bicyclic) bond motifs is 10. The number of ether oxygens (including phenoxy) is 1. The smallest absolute Gasteiger partial charge is 0.309 e. The van der Waals surface area contributed by atoms with Gasteiger partial charge < -0.3 is 20.1 Å². The number of aliphatic carboxylic acids is 1. The second-order valence-electron chi connectivity index (χ2n) is 18.5. The molecule has 3 N–H and O–H groups in total. The molecule has 0 heterocycles. The summed E-state index contributed by atoms with van der Waals surface area (Å²) in [7, 11) is 1.47. The van der Waals surface area contributed by atoms with Gasteiger partial charge in [0.25, 0.3) is 0 Å². The maximum Gasteiger partial charge on any atom is 0.309 e. The van der Waals surface area contributed by atoms with E-state index in [1.54, 1.807) is 0 Å². The van der Waals surface area contributed by atoms with E-state index in [1.165, 1.54) is 18.3 Å². The molecule has 8 aliphatic rings. The highest BCUT2D eigenvalue weighted by Gasteiger charge is 2.65. The van der Waals surface area contributed by atoms with Crippen LogP contribution in [0.4, 0.5) is 0 Å². The van der Waals surface area contributed by atoms with Crippen LogP contribution in [0, 0.1) is 69.0 Å². The molecule has 0 aromatic rings.